The van der Waals surface area contributed by atoms with Crippen molar-refractivity contribution in [3.63, 3.8) is 0 Å². The Morgan fingerprint density at radius 1 is 1.12 bits per heavy atom. The summed E-state index contributed by atoms with van der Waals surface area (Å²) >= 11 is 0. The van der Waals surface area contributed by atoms with Gasteiger partial charge in [0.05, 0.1) is 35.6 Å². The van der Waals surface area contributed by atoms with Crippen molar-refractivity contribution in [2.75, 3.05) is 13.7 Å². The van der Waals surface area contributed by atoms with E-state index < -0.39 is 41.0 Å². The highest BCUT2D eigenvalue weighted by molar-refractivity contribution is 5.99. The number of amides is 3. The maximum Gasteiger partial charge on any atom is 0.247 e. The Hall–Kier alpha value is -3.83. The molecule has 2 aromatic carbocycles. The van der Waals surface area contributed by atoms with Crippen molar-refractivity contribution in [1.29, 1.82) is 0 Å². The van der Waals surface area contributed by atoms with E-state index in [2.05, 4.69) is 20.9 Å². The van der Waals surface area contributed by atoms with Crippen molar-refractivity contribution < 1.29 is 24.2 Å². The predicted octanol–water partition coefficient (Wildman–Crippen LogP) is 1.01. The number of hydrogen-bond donors (Lipinski definition) is 3. The minimum atomic E-state index is -1.18. The van der Waals surface area contributed by atoms with Crippen molar-refractivity contribution in [3.8, 4) is 0 Å². The van der Waals surface area contributed by atoms with Gasteiger partial charge in [0, 0.05) is 7.05 Å². The summed E-state index contributed by atoms with van der Waals surface area (Å²) in [6.07, 6.45) is 1.94. The molecule has 3 amide bonds. The first kappa shape index (κ1) is 26.4. The first-order chi connectivity index (χ1) is 19.4. The molecule has 11 nitrogen and oxygen atoms in total. The van der Waals surface area contributed by atoms with Gasteiger partial charge in [-0.15, -0.1) is 5.10 Å². The van der Waals surface area contributed by atoms with Crippen LogP contribution in [0.15, 0.2) is 54.6 Å². The van der Waals surface area contributed by atoms with Crippen molar-refractivity contribution >= 4 is 28.8 Å². The fraction of sp³-hybridized carbons (Fsp3) is 0.483. The van der Waals surface area contributed by atoms with E-state index in [0.717, 1.165) is 11.1 Å². The molecule has 6 rings (SSSR count). The Morgan fingerprint density at radius 2 is 1.88 bits per heavy atom. The van der Waals surface area contributed by atoms with E-state index in [1.807, 2.05) is 61.5 Å². The van der Waals surface area contributed by atoms with E-state index >= 15 is 0 Å². The molecule has 0 radical (unpaired) electrons. The van der Waals surface area contributed by atoms with Crippen LogP contribution in [0.3, 0.4) is 0 Å². The molecule has 11 heteroatoms. The summed E-state index contributed by atoms with van der Waals surface area (Å²) in [6, 6.07) is 15.3. The summed E-state index contributed by atoms with van der Waals surface area (Å²) in [5.41, 5.74) is 0.394. The molecule has 1 spiro atoms. The van der Waals surface area contributed by atoms with Gasteiger partial charge in [-0.3, -0.25) is 14.4 Å². The number of hydrogen-bond acceptors (Lipinski definition) is 7. The fourth-order valence-electron chi connectivity index (χ4n) is 7.32. The van der Waals surface area contributed by atoms with Crippen LogP contribution in [0.25, 0.3) is 11.0 Å². The van der Waals surface area contributed by atoms with Gasteiger partial charge in [0.25, 0.3) is 0 Å². The normalized spacial score (nSPS) is 29.5. The Balaban J connectivity index is 1.38. The molecule has 3 N–H and O–H groups in total. The molecule has 210 valence electrons. The SMILES string of the molecule is CC[C@]12CCC3(O1)C(C(=O)NCn1nnc4ccccc41)N([C@@H](CO)Cc1ccccc1)C(=O)[C@@H]3[C@H]2C(=O)NC. The number of fused-ring (bicyclic) bond motifs is 2. The van der Waals surface area contributed by atoms with Crippen LogP contribution in [0.5, 0.6) is 0 Å². The molecule has 4 heterocycles. The molecule has 6 atom stereocenters. The topological polar surface area (TPSA) is 139 Å². The second-order valence-electron chi connectivity index (χ2n) is 11.0. The average molecular weight is 547 g/mol. The van der Waals surface area contributed by atoms with Crippen LogP contribution in [-0.4, -0.2) is 79.7 Å². The van der Waals surface area contributed by atoms with Crippen LogP contribution >= 0.6 is 0 Å². The highest BCUT2D eigenvalue weighted by Gasteiger charge is 2.79. The first-order valence-electron chi connectivity index (χ1n) is 13.8. The molecule has 1 aromatic heterocycles. The molecular formula is C29H34N6O5. The second-order valence-corrected chi connectivity index (χ2v) is 11.0. The van der Waals surface area contributed by atoms with E-state index in [0.29, 0.717) is 31.2 Å². The largest absolute Gasteiger partial charge is 0.394 e. The highest BCUT2D eigenvalue weighted by atomic mass is 16.5. The number of likely N-dealkylation sites (tertiary alicyclic amines) is 1. The monoisotopic (exact) mass is 546 g/mol. The third-order valence-electron chi connectivity index (χ3n) is 9.14. The van der Waals surface area contributed by atoms with Gasteiger partial charge in [0.2, 0.25) is 17.7 Å². The van der Waals surface area contributed by atoms with E-state index in [-0.39, 0.29) is 25.1 Å². The van der Waals surface area contributed by atoms with Crippen molar-refractivity contribution in [2.24, 2.45) is 11.8 Å². The van der Waals surface area contributed by atoms with Crippen LogP contribution < -0.4 is 10.6 Å². The van der Waals surface area contributed by atoms with E-state index in [1.165, 1.54) is 4.90 Å². The number of carbonyl (C=O) groups is 3. The molecule has 3 aliphatic heterocycles. The average Bonchev–Trinajstić information content (AvgIpc) is 3.72. The Bertz CT molecular complexity index is 1440. The lowest BCUT2D eigenvalue weighted by molar-refractivity contribution is -0.151. The predicted molar refractivity (Wildman–Crippen MR) is 144 cm³/mol. The first-order valence-corrected chi connectivity index (χ1v) is 13.8. The number of carbonyl (C=O) groups excluding carboxylic acids is 3. The Kier molecular flexibility index (Phi) is 6.58. The third kappa shape index (κ3) is 3.82. The standard InChI is InChI=1S/C29H34N6O5/c1-3-28-13-14-29(40-28)23(22(28)25(37)30-2)27(39)35(19(16-36)15-18-9-5-4-6-10-18)24(29)26(38)31-17-34-21-12-8-7-11-20(21)32-33-34/h4-12,19,22-24,36H,3,13-17H2,1-2H3,(H,30,37)(H,31,38)/t19-,22+,23+,24?,28-,29?/m1/s1. The van der Waals surface area contributed by atoms with Gasteiger partial charge in [-0.25, -0.2) is 4.68 Å². The number of aromatic nitrogens is 3. The lowest BCUT2D eigenvalue weighted by atomic mass is 9.65. The van der Waals surface area contributed by atoms with Gasteiger partial charge in [-0.05, 0) is 43.4 Å². The summed E-state index contributed by atoms with van der Waals surface area (Å²) in [5, 5.41) is 24.5. The number of nitrogens with zero attached hydrogens (tertiary/aromatic N) is 4. The van der Waals surface area contributed by atoms with Crippen molar-refractivity contribution in [3.05, 3.63) is 60.2 Å². The zero-order chi connectivity index (χ0) is 28.1. The lowest BCUT2D eigenvalue weighted by Gasteiger charge is -2.37. The molecule has 3 saturated heterocycles. The van der Waals surface area contributed by atoms with Crippen LogP contribution in [-0.2, 0) is 32.2 Å². The zero-order valence-corrected chi connectivity index (χ0v) is 22.6. The van der Waals surface area contributed by atoms with Gasteiger partial charge >= 0.3 is 0 Å². The van der Waals surface area contributed by atoms with Crippen molar-refractivity contribution in [2.45, 2.75) is 62.6 Å². The van der Waals surface area contributed by atoms with Crippen LogP contribution in [0.2, 0.25) is 0 Å². The number of aliphatic hydroxyl groups excluding tert-OH is 1. The van der Waals surface area contributed by atoms with Crippen LogP contribution in [0.1, 0.15) is 31.7 Å². The molecule has 2 bridgehead atoms. The Labute approximate surface area is 231 Å². The molecule has 3 aliphatic rings. The van der Waals surface area contributed by atoms with Crippen molar-refractivity contribution in [1.82, 2.24) is 30.5 Å². The van der Waals surface area contributed by atoms with Crippen LogP contribution in [0.4, 0.5) is 0 Å². The van der Waals surface area contributed by atoms with E-state index in [1.54, 1.807) is 11.7 Å². The lowest BCUT2D eigenvalue weighted by Crippen LogP contribution is -2.58. The van der Waals surface area contributed by atoms with Gasteiger partial charge in [-0.2, -0.15) is 0 Å². The van der Waals surface area contributed by atoms with Crippen LogP contribution in [0, 0.1) is 11.8 Å². The molecule has 3 aromatic rings. The number of aliphatic hydroxyl groups is 1. The second kappa shape index (κ2) is 9.97. The summed E-state index contributed by atoms with van der Waals surface area (Å²) < 4.78 is 8.33. The van der Waals surface area contributed by atoms with Gasteiger partial charge < -0.3 is 25.4 Å². The van der Waals surface area contributed by atoms with E-state index in [9.17, 15) is 19.5 Å². The third-order valence-corrected chi connectivity index (χ3v) is 9.14. The van der Waals surface area contributed by atoms with Gasteiger partial charge in [0.1, 0.15) is 23.8 Å². The summed E-state index contributed by atoms with van der Waals surface area (Å²) in [4.78, 5) is 43.2. The highest BCUT2D eigenvalue weighted by Crippen LogP contribution is 2.64. The summed E-state index contributed by atoms with van der Waals surface area (Å²) in [5.74, 6) is -2.55. The molecule has 40 heavy (non-hydrogen) atoms. The number of ether oxygens (including phenoxy) is 1. The zero-order valence-electron chi connectivity index (χ0n) is 22.6. The smallest absolute Gasteiger partial charge is 0.247 e. The minimum Gasteiger partial charge on any atom is -0.394 e. The van der Waals surface area contributed by atoms with Gasteiger partial charge in [-0.1, -0.05) is 54.6 Å². The number of benzene rings is 2. The maximum atomic E-state index is 14.3. The fourth-order valence-corrected chi connectivity index (χ4v) is 7.32. The Morgan fingerprint density at radius 3 is 2.60 bits per heavy atom. The summed E-state index contributed by atoms with van der Waals surface area (Å²) in [6.45, 7) is 1.65. The molecule has 3 fully saturated rings. The minimum absolute atomic E-state index is 0.0406. The molecule has 2 unspecified atom stereocenters. The van der Waals surface area contributed by atoms with Gasteiger partial charge in [0.15, 0.2) is 0 Å². The molecular weight excluding hydrogens is 512 g/mol. The quantitative estimate of drug-likeness (QED) is 0.364. The molecule has 0 saturated carbocycles. The number of nitrogens with one attached hydrogen (secondary N) is 2. The molecule has 0 aliphatic carbocycles. The number of rotatable bonds is 9. The number of para-hydroxylation sites is 1. The van der Waals surface area contributed by atoms with E-state index in [4.69, 9.17) is 4.74 Å². The summed E-state index contributed by atoms with van der Waals surface area (Å²) in [7, 11) is 1.56. The maximum absolute atomic E-state index is 14.3.